The molecule has 94 valence electrons. The highest BCUT2D eigenvalue weighted by molar-refractivity contribution is 4.90. The summed E-state index contributed by atoms with van der Waals surface area (Å²) in [5.74, 6) is 0.840. The van der Waals surface area contributed by atoms with Crippen LogP contribution in [0.4, 0.5) is 0 Å². The van der Waals surface area contributed by atoms with Crippen molar-refractivity contribution in [2.75, 3.05) is 6.54 Å². The molecule has 2 rings (SSSR count). The molecule has 0 aliphatic heterocycles. The fourth-order valence-corrected chi connectivity index (χ4v) is 2.27. The molecule has 1 aliphatic carbocycles. The van der Waals surface area contributed by atoms with Crippen LogP contribution in [-0.4, -0.2) is 22.4 Å². The molecule has 0 saturated carbocycles. The van der Waals surface area contributed by atoms with E-state index in [1.165, 1.54) is 19.3 Å². The lowest BCUT2D eigenvalue weighted by Crippen LogP contribution is -2.32. The van der Waals surface area contributed by atoms with Gasteiger partial charge in [0.05, 0.1) is 0 Å². The Morgan fingerprint density at radius 3 is 3.12 bits per heavy atom. The number of hydrogen-bond donors (Lipinski definition) is 1. The molecule has 0 spiro atoms. The molecule has 0 amide bonds. The van der Waals surface area contributed by atoms with Gasteiger partial charge in [-0.3, -0.25) is 4.68 Å². The SMILES string of the molecule is C[C@@H](CCn1cccn1)NC[C@@H]1CC=CCC1. The largest absolute Gasteiger partial charge is 0.314 e. The highest BCUT2D eigenvalue weighted by Gasteiger charge is 2.10. The molecule has 2 atom stereocenters. The van der Waals surface area contributed by atoms with Crippen molar-refractivity contribution in [3.05, 3.63) is 30.6 Å². The van der Waals surface area contributed by atoms with E-state index in [1.807, 2.05) is 23.1 Å². The van der Waals surface area contributed by atoms with Gasteiger partial charge in [0.25, 0.3) is 0 Å². The van der Waals surface area contributed by atoms with Crippen molar-refractivity contribution < 1.29 is 0 Å². The summed E-state index contributed by atoms with van der Waals surface area (Å²) in [6.07, 6.45) is 13.5. The summed E-state index contributed by atoms with van der Waals surface area (Å²) in [4.78, 5) is 0. The van der Waals surface area contributed by atoms with Crippen molar-refractivity contribution in [3.8, 4) is 0 Å². The molecule has 1 N–H and O–H groups in total. The first-order chi connectivity index (χ1) is 8.34. The molecule has 0 saturated heterocycles. The van der Waals surface area contributed by atoms with Crippen molar-refractivity contribution in [2.24, 2.45) is 5.92 Å². The number of aryl methyl sites for hydroxylation is 1. The smallest absolute Gasteiger partial charge is 0.0489 e. The summed E-state index contributed by atoms with van der Waals surface area (Å²) in [5, 5.41) is 7.86. The van der Waals surface area contributed by atoms with Gasteiger partial charge in [-0.05, 0) is 51.1 Å². The Morgan fingerprint density at radius 1 is 1.47 bits per heavy atom. The molecule has 3 heteroatoms. The molecule has 1 aromatic heterocycles. The fraction of sp³-hybridized carbons (Fsp3) is 0.643. The van der Waals surface area contributed by atoms with Gasteiger partial charge in [-0.1, -0.05) is 12.2 Å². The van der Waals surface area contributed by atoms with E-state index < -0.39 is 0 Å². The minimum Gasteiger partial charge on any atom is -0.314 e. The highest BCUT2D eigenvalue weighted by Crippen LogP contribution is 2.17. The van der Waals surface area contributed by atoms with E-state index in [2.05, 4.69) is 29.5 Å². The van der Waals surface area contributed by atoms with Crippen LogP contribution in [0.5, 0.6) is 0 Å². The summed E-state index contributed by atoms with van der Waals surface area (Å²) < 4.78 is 2.00. The molecular formula is C14H23N3. The quantitative estimate of drug-likeness (QED) is 0.765. The molecule has 1 aliphatic rings. The Kier molecular flexibility index (Phi) is 4.80. The van der Waals surface area contributed by atoms with Gasteiger partial charge >= 0.3 is 0 Å². The van der Waals surface area contributed by atoms with Crippen LogP contribution in [0.25, 0.3) is 0 Å². The standard InChI is InChI=1S/C14H23N3/c1-13(8-11-17-10-5-9-16-17)15-12-14-6-3-2-4-7-14/h2-3,5,9-10,13-15H,4,6-8,11-12H2,1H3/t13-,14+/m0/s1. The number of aromatic nitrogens is 2. The molecule has 0 aromatic carbocycles. The van der Waals surface area contributed by atoms with E-state index in [4.69, 9.17) is 0 Å². The first-order valence-electron chi connectivity index (χ1n) is 6.70. The maximum Gasteiger partial charge on any atom is 0.0489 e. The van der Waals surface area contributed by atoms with E-state index >= 15 is 0 Å². The molecule has 1 heterocycles. The second-order valence-corrected chi connectivity index (χ2v) is 5.02. The minimum absolute atomic E-state index is 0.574. The first kappa shape index (κ1) is 12.4. The number of rotatable bonds is 6. The van der Waals surface area contributed by atoms with Crippen molar-refractivity contribution in [3.63, 3.8) is 0 Å². The average molecular weight is 233 g/mol. The van der Waals surface area contributed by atoms with E-state index in [0.29, 0.717) is 6.04 Å². The zero-order chi connectivity index (χ0) is 11.9. The second kappa shape index (κ2) is 6.60. The van der Waals surface area contributed by atoms with Crippen molar-refractivity contribution in [1.82, 2.24) is 15.1 Å². The van der Waals surface area contributed by atoms with Gasteiger partial charge in [-0.15, -0.1) is 0 Å². The third-order valence-electron chi connectivity index (χ3n) is 3.48. The monoisotopic (exact) mass is 233 g/mol. The van der Waals surface area contributed by atoms with Crippen LogP contribution in [-0.2, 0) is 6.54 Å². The van der Waals surface area contributed by atoms with Crippen LogP contribution in [0.1, 0.15) is 32.6 Å². The Labute approximate surface area is 104 Å². The summed E-state index contributed by atoms with van der Waals surface area (Å²) >= 11 is 0. The van der Waals surface area contributed by atoms with E-state index in [1.54, 1.807) is 0 Å². The van der Waals surface area contributed by atoms with E-state index in [0.717, 1.165) is 25.4 Å². The first-order valence-corrected chi connectivity index (χ1v) is 6.70. The van der Waals surface area contributed by atoms with Crippen LogP contribution >= 0.6 is 0 Å². The lowest BCUT2D eigenvalue weighted by atomic mass is 9.94. The molecule has 0 radical (unpaired) electrons. The van der Waals surface area contributed by atoms with Crippen LogP contribution < -0.4 is 5.32 Å². The van der Waals surface area contributed by atoms with Gasteiger partial charge in [0.2, 0.25) is 0 Å². The van der Waals surface area contributed by atoms with Gasteiger partial charge in [-0.25, -0.2) is 0 Å². The Hall–Kier alpha value is -1.09. The van der Waals surface area contributed by atoms with Gasteiger partial charge in [0.1, 0.15) is 0 Å². The van der Waals surface area contributed by atoms with E-state index in [-0.39, 0.29) is 0 Å². The van der Waals surface area contributed by atoms with Crippen LogP contribution in [0, 0.1) is 5.92 Å². The van der Waals surface area contributed by atoms with Crippen molar-refractivity contribution >= 4 is 0 Å². The van der Waals surface area contributed by atoms with Crippen LogP contribution in [0.2, 0.25) is 0 Å². The van der Waals surface area contributed by atoms with Gasteiger partial charge in [0.15, 0.2) is 0 Å². The lowest BCUT2D eigenvalue weighted by molar-refractivity contribution is 0.388. The summed E-state index contributed by atoms with van der Waals surface area (Å²) in [6, 6.07) is 2.55. The third kappa shape index (κ3) is 4.35. The number of nitrogens with zero attached hydrogens (tertiary/aromatic N) is 2. The predicted molar refractivity (Wildman–Crippen MR) is 70.8 cm³/mol. The Morgan fingerprint density at radius 2 is 2.41 bits per heavy atom. The zero-order valence-corrected chi connectivity index (χ0v) is 10.7. The molecule has 3 nitrogen and oxygen atoms in total. The van der Waals surface area contributed by atoms with Crippen molar-refractivity contribution in [1.29, 1.82) is 0 Å². The topological polar surface area (TPSA) is 29.9 Å². The normalized spacial score (nSPS) is 21.6. The average Bonchev–Trinajstić information content (AvgIpc) is 2.88. The fourth-order valence-electron chi connectivity index (χ4n) is 2.27. The highest BCUT2D eigenvalue weighted by atomic mass is 15.3. The molecule has 0 fully saturated rings. The lowest BCUT2D eigenvalue weighted by Gasteiger charge is -2.21. The molecule has 1 aromatic rings. The van der Waals surface area contributed by atoms with Crippen molar-refractivity contribution in [2.45, 2.75) is 45.2 Å². The molecule has 0 unspecified atom stereocenters. The molecular weight excluding hydrogens is 210 g/mol. The summed E-state index contributed by atoms with van der Waals surface area (Å²) in [6.45, 7) is 4.43. The summed E-state index contributed by atoms with van der Waals surface area (Å²) in [5.41, 5.74) is 0. The minimum atomic E-state index is 0.574. The third-order valence-corrected chi connectivity index (χ3v) is 3.48. The number of nitrogens with one attached hydrogen (secondary N) is 1. The maximum absolute atomic E-state index is 4.22. The number of allylic oxidation sites excluding steroid dienone is 2. The number of hydrogen-bond acceptors (Lipinski definition) is 2. The zero-order valence-electron chi connectivity index (χ0n) is 10.7. The summed E-state index contributed by atoms with van der Waals surface area (Å²) in [7, 11) is 0. The maximum atomic E-state index is 4.22. The van der Waals surface area contributed by atoms with Crippen LogP contribution in [0.3, 0.4) is 0 Å². The predicted octanol–water partition coefficient (Wildman–Crippen LogP) is 2.61. The van der Waals surface area contributed by atoms with E-state index in [9.17, 15) is 0 Å². The van der Waals surface area contributed by atoms with Crippen LogP contribution in [0.15, 0.2) is 30.6 Å². The van der Waals surface area contributed by atoms with Gasteiger partial charge < -0.3 is 5.32 Å². The molecule has 17 heavy (non-hydrogen) atoms. The Bertz CT molecular complexity index is 329. The second-order valence-electron chi connectivity index (χ2n) is 5.02. The van der Waals surface area contributed by atoms with Gasteiger partial charge in [-0.2, -0.15) is 5.10 Å². The molecule has 0 bridgehead atoms. The van der Waals surface area contributed by atoms with Gasteiger partial charge in [0, 0.05) is 25.0 Å². The Balaban J connectivity index is 1.60.